The molecule has 4 rings (SSSR count). The van der Waals surface area contributed by atoms with Crippen LogP contribution in [0, 0.1) is 6.92 Å². The van der Waals surface area contributed by atoms with Gasteiger partial charge in [0.05, 0.1) is 19.2 Å². The summed E-state index contributed by atoms with van der Waals surface area (Å²) < 4.78 is 10.7. The Hall–Kier alpha value is -3.24. The Morgan fingerprint density at radius 2 is 1.69 bits per heavy atom. The normalized spacial score (nSPS) is 13.2. The zero-order chi connectivity index (χ0) is 22.7. The molecule has 1 aliphatic heterocycles. The fraction of sp³-hybridized carbons (Fsp3) is 0.222. The molecule has 1 amide bonds. The van der Waals surface area contributed by atoms with Gasteiger partial charge in [-0.05, 0) is 60.7 Å². The highest BCUT2D eigenvalue weighted by Crippen LogP contribution is 2.37. The number of ether oxygens (including phenoxy) is 2. The van der Waals surface area contributed by atoms with Gasteiger partial charge in [0.25, 0.3) is 5.91 Å². The topological polar surface area (TPSA) is 38.8 Å². The highest BCUT2D eigenvalue weighted by atomic mass is 35.5. The lowest BCUT2D eigenvalue weighted by atomic mass is 9.98. The maximum Gasteiger partial charge on any atom is 0.258 e. The number of benzene rings is 3. The molecule has 4 nitrogen and oxygen atoms in total. The number of hydrogen-bond acceptors (Lipinski definition) is 3. The number of hydrogen-bond donors (Lipinski definition) is 0. The molecule has 0 aromatic heterocycles. The average molecular weight is 448 g/mol. The molecule has 5 heteroatoms. The van der Waals surface area contributed by atoms with E-state index >= 15 is 0 Å². The fourth-order valence-electron chi connectivity index (χ4n) is 4.00. The van der Waals surface area contributed by atoms with Crippen molar-refractivity contribution in [2.75, 3.05) is 25.7 Å². The Labute approximate surface area is 194 Å². The smallest absolute Gasteiger partial charge is 0.258 e. The molecule has 0 spiro atoms. The van der Waals surface area contributed by atoms with E-state index in [0.29, 0.717) is 28.6 Å². The predicted octanol–water partition coefficient (Wildman–Crippen LogP) is 6.43. The van der Waals surface area contributed by atoms with Gasteiger partial charge >= 0.3 is 0 Å². The van der Waals surface area contributed by atoms with E-state index in [4.69, 9.17) is 21.1 Å². The van der Waals surface area contributed by atoms with Crippen molar-refractivity contribution >= 4 is 35.3 Å². The summed E-state index contributed by atoms with van der Waals surface area (Å²) in [6.45, 7) is 2.75. The van der Waals surface area contributed by atoms with Crippen LogP contribution in [0.4, 0.5) is 5.69 Å². The zero-order valence-electron chi connectivity index (χ0n) is 18.5. The molecule has 1 aliphatic rings. The van der Waals surface area contributed by atoms with E-state index in [2.05, 4.69) is 55.5 Å². The van der Waals surface area contributed by atoms with Crippen LogP contribution in [0.1, 0.15) is 39.0 Å². The van der Waals surface area contributed by atoms with Gasteiger partial charge in [-0.15, -0.1) is 0 Å². The summed E-state index contributed by atoms with van der Waals surface area (Å²) in [5, 5.41) is 0.351. The molecule has 1 heterocycles. The van der Waals surface area contributed by atoms with Gasteiger partial charge in [0.15, 0.2) is 11.5 Å². The van der Waals surface area contributed by atoms with Crippen LogP contribution in [-0.2, 0) is 6.42 Å². The third-order valence-corrected chi connectivity index (χ3v) is 5.97. The van der Waals surface area contributed by atoms with Crippen LogP contribution in [0.3, 0.4) is 0 Å². The summed E-state index contributed by atoms with van der Waals surface area (Å²) in [7, 11) is 3.06. The number of methoxy groups -OCH3 is 2. The molecule has 164 valence electrons. The molecule has 0 saturated carbocycles. The Morgan fingerprint density at radius 3 is 2.41 bits per heavy atom. The van der Waals surface area contributed by atoms with Crippen LogP contribution < -0.4 is 14.4 Å². The molecule has 32 heavy (non-hydrogen) atoms. The van der Waals surface area contributed by atoms with Gasteiger partial charge in [-0.3, -0.25) is 4.79 Å². The Balaban J connectivity index is 1.60. The van der Waals surface area contributed by atoms with Crippen LogP contribution in [0.2, 0.25) is 5.02 Å². The average Bonchev–Trinajstić information content (AvgIpc) is 2.82. The van der Waals surface area contributed by atoms with Gasteiger partial charge in [0.1, 0.15) is 0 Å². The highest BCUT2D eigenvalue weighted by molar-refractivity contribution is 6.32. The molecule has 3 aromatic rings. The first-order valence-electron chi connectivity index (χ1n) is 10.6. The van der Waals surface area contributed by atoms with Gasteiger partial charge < -0.3 is 14.4 Å². The minimum Gasteiger partial charge on any atom is -0.493 e. The molecule has 0 fully saturated rings. The van der Waals surface area contributed by atoms with Crippen LogP contribution in [0.5, 0.6) is 11.5 Å². The SMILES string of the molecule is COc1cc(C(=O)N2CCCc3cc(C=Cc4ccc(C)cc4)ccc32)cc(Cl)c1OC. The van der Waals surface area contributed by atoms with Crippen molar-refractivity contribution in [1.29, 1.82) is 0 Å². The van der Waals surface area contributed by atoms with Gasteiger partial charge in [-0.1, -0.05) is 59.6 Å². The number of anilines is 1. The first kappa shape index (κ1) is 22.0. The Morgan fingerprint density at radius 1 is 0.969 bits per heavy atom. The fourth-order valence-corrected chi connectivity index (χ4v) is 4.29. The number of fused-ring (bicyclic) bond motifs is 1. The Bertz CT molecular complexity index is 1170. The molecule has 0 aliphatic carbocycles. The molecular formula is C27H26ClNO3. The minimum absolute atomic E-state index is 0.100. The number of carbonyl (C=O) groups is 1. The lowest BCUT2D eigenvalue weighted by Crippen LogP contribution is -2.35. The van der Waals surface area contributed by atoms with E-state index in [-0.39, 0.29) is 5.91 Å². The third-order valence-electron chi connectivity index (χ3n) is 5.69. The van der Waals surface area contributed by atoms with Gasteiger partial charge in [-0.2, -0.15) is 0 Å². The largest absolute Gasteiger partial charge is 0.493 e. The van der Waals surface area contributed by atoms with E-state index < -0.39 is 0 Å². The van der Waals surface area contributed by atoms with Crippen molar-refractivity contribution in [3.05, 3.63) is 87.4 Å². The van der Waals surface area contributed by atoms with Crippen molar-refractivity contribution in [2.24, 2.45) is 0 Å². The quantitative estimate of drug-likeness (QED) is 0.423. The molecule has 3 aromatic carbocycles. The predicted molar refractivity (Wildman–Crippen MR) is 131 cm³/mol. The standard InChI is InChI=1S/C27H26ClNO3/c1-18-6-8-19(9-7-18)10-11-20-12-13-24-21(15-20)5-4-14-29(24)27(30)22-16-23(28)26(32-3)25(17-22)31-2/h6-13,15-17H,4-5,14H2,1-3H3. The van der Waals surface area contributed by atoms with E-state index in [9.17, 15) is 4.79 Å². The number of aryl methyl sites for hydroxylation is 2. The number of amides is 1. The highest BCUT2D eigenvalue weighted by Gasteiger charge is 2.25. The maximum atomic E-state index is 13.4. The zero-order valence-corrected chi connectivity index (χ0v) is 19.3. The van der Waals surface area contributed by atoms with Gasteiger partial charge in [0.2, 0.25) is 0 Å². The second-order valence-corrected chi connectivity index (χ2v) is 8.29. The monoisotopic (exact) mass is 447 g/mol. The van der Waals surface area contributed by atoms with Crippen molar-refractivity contribution in [1.82, 2.24) is 0 Å². The van der Waals surface area contributed by atoms with Crippen LogP contribution in [-0.4, -0.2) is 26.7 Å². The summed E-state index contributed by atoms with van der Waals surface area (Å²) in [5.41, 5.74) is 6.12. The van der Waals surface area contributed by atoms with Gasteiger partial charge in [0, 0.05) is 17.8 Å². The van der Waals surface area contributed by atoms with Crippen LogP contribution in [0.15, 0.2) is 54.6 Å². The second-order valence-electron chi connectivity index (χ2n) is 7.89. The van der Waals surface area contributed by atoms with Gasteiger partial charge in [-0.25, -0.2) is 0 Å². The number of halogens is 1. The first-order valence-corrected chi connectivity index (χ1v) is 11.0. The molecule has 0 saturated heterocycles. The third kappa shape index (κ3) is 4.51. The van der Waals surface area contributed by atoms with Crippen LogP contribution in [0.25, 0.3) is 12.2 Å². The number of rotatable bonds is 5. The lowest BCUT2D eigenvalue weighted by Gasteiger charge is -2.30. The minimum atomic E-state index is -0.100. The van der Waals surface area contributed by atoms with E-state index in [1.165, 1.54) is 25.3 Å². The lowest BCUT2D eigenvalue weighted by molar-refractivity contribution is 0.0984. The summed E-state index contributed by atoms with van der Waals surface area (Å²) in [6, 6.07) is 18.0. The van der Waals surface area contributed by atoms with Crippen LogP contribution >= 0.6 is 11.6 Å². The summed E-state index contributed by atoms with van der Waals surface area (Å²) in [5.74, 6) is 0.767. The van der Waals surface area contributed by atoms with Crippen molar-refractivity contribution in [3.63, 3.8) is 0 Å². The maximum absolute atomic E-state index is 13.4. The van der Waals surface area contributed by atoms with E-state index in [1.807, 2.05) is 11.0 Å². The molecule has 0 N–H and O–H groups in total. The Kier molecular flexibility index (Phi) is 6.52. The number of carbonyl (C=O) groups excluding carboxylic acids is 1. The van der Waals surface area contributed by atoms with E-state index in [1.54, 1.807) is 12.1 Å². The van der Waals surface area contributed by atoms with Crippen molar-refractivity contribution in [2.45, 2.75) is 19.8 Å². The van der Waals surface area contributed by atoms with E-state index in [0.717, 1.165) is 29.7 Å². The second kappa shape index (κ2) is 9.49. The molecular weight excluding hydrogens is 422 g/mol. The molecule has 0 unspecified atom stereocenters. The molecule has 0 atom stereocenters. The molecule has 0 radical (unpaired) electrons. The van der Waals surface area contributed by atoms with Crippen molar-refractivity contribution < 1.29 is 14.3 Å². The summed E-state index contributed by atoms with van der Waals surface area (Å²) in [4.78, 5) is 15.2. The van der Waals surface area contributed by atoms with Crippen molar-refractivity contribution in [3.8, 4) is 11.5 Å². The summed E-state index contributed by atoms with van der Waals surface area (Å²) in [6.07, 6.45) is 6.07. The number of nitrogens with zero attached hydrogens (tertiary/aromatic N) is 1. The first-order chi connectivity index (χ1) is 15.5. The molecule has 0 bridgehead atoms. The summed E-state index contributed by atoms with van der Waals surface area (Å²) >= 11 is 6.33.